The quantitative estimate of drug-likeness (QED) is 0.739. The van der Waals surface area contributed by atoms with Crippen molar-refractivity contribution in [3.8, 4) is 0 Å². The summed E-state index contributed by atoms with van der Waals surface area (Å²) in [5.74, 6) is 0.122. The maximum Gasteiger partial charge on any atom is 0.271 e. The fraction of sp³-hybridized carbons (Fsp3) is 0.500. The van der Waals surface area contributed by atoms with Gasteiger partial charge >= 0.3 is 0 Å². The van der Waals surface area contributed by atoms with Crippen LogP contribution in [0.25, 0.3) is 0 Å². The first-order valence-electron chi connectivity index (χ1n) is 6.45. The Kier molecular flexibility index (Phi) is 4.27. The van der Waals surface area contributed by atoms with Crippen molar-refractivity contribution in [2.75, 3.05) is 6.54 Å². The molecule has 1 aromatic heterocycles. The second kappa shape index (κ2) is 5.74. The molecule has 1 aliphatic carbocycles. The number of carbonyl (C=O) groups excluding carboxylic acids is 1. The molecule has 1 aromatic rings. The van der Waals surface area contributed by atoms with Gasteiger partial charge in [0.15, 0.2) is 0 Å². The third-order valence-electron chi connectivity index (χ3n) is 3.12. The largest absolute Gasteiger partial charge is 0.342 e. The van der Waals surface area contributed by atoms with Crippen molar-refractivity contribution >= 4 is 21.8 Å². The van der Waals surface area contributed by atoms with E-state index in [1.54, 1.807) is 6.08 Å². The van der Waals surface area contributed by atoms with E-state index in [9.17, 15) is 4.79 Å². The fourth-order valence-corrected chi connectivity index (χ4v) is 2.61. The molecular weight excluding hydrogens is 292 g/mol. The first kappa shape index (κ1) is 13.4. The molecule has 0 aliphatic heterocycles. The highest BCUT2D eigenvalue weighted by atomic mass is 79.9. The zero-order valence-electron chi connectivity index (χ0n) is 10.7. The number of hydrogen-bond donors (Lipinski definition) is 0. The zero-order valence-corrected chi connectivity index (χ0v) is 12.3. The number of amides is 1. The van der Waals surface area contributed by atoms with E-state index in [0.717, 1.165) is 36.0 Å². The van der Waals surface area contributed by atoms with Crippen molar-refractivity contribution < 1.29 is 4.79 Å². The molecule has 0 spiro atoms. The first-order chi connectivity index (χ1) is 8.67. The van der Waals surface area contributed by atoms with E-state index in [4.69, 9.17) is 0 Å². The third-order valence-corrected chi connectivity index (χ3v) is 3.55. The smallest absolute Gasteiger partial charge is 0.271 e. The van der Waals surface area contributed by atoms with Gasteiger partial charge in [-0.25, -0.2) is 0 Å². The van der Waals surface area contributed by atoms with Crippen LogP contribution >= 0.6 is 15.9 Å². The minimum Gasteiger partial charge on any atom is -0.342 e. The van der Waals surface area contributed by atoms with Gasteiger partial charge in [-0.1, -0.05) is 13.0 Å². The predicted molar refractivity (Wildman–Crippen MR) is 76.7 cm³/mol. The Balaban J connectivity index is 2.22. The van der Waals surface area contributed by atoms with Gasteiger partial charge in [-0.3, -0.25) is 4.79 Å². The third kappa shape index (κ3) is 2.86. The Morgan fingerprint density at radius 2 is 2.39 bits per heavy atom. The molecule has 1 heterocycles. The van der Waals surface area contributed by atoms with Crippen LogP contribution in [0.2, 0.25) is 0 Å². The zero-order chi connectivity index (χ0) is 13.1. The standard InChI is InChI=1S/C14H19BrN2O/c1-3-7-16-10-11(15)9-13(16)14(18)17(8-4-2)12-5-6-12/h4,9-10,12H,2-3,5-8H2,1H3. The van der Waals surface area contributed by atoms with Crippen molar-refractivity contribution in [2.24, 2.45) is 0 Å². The Bertz CT molecular complexity index is 449. The van der Waals surface area contributed by atoms with Crippen molar-refractivity contribution in [3.05, 3.63) is 35.1 Å². The maximum atomic E-state index is 12.6. The van der Waals surface area contributed by atoms with E-state index in [1.807, 2.05) is 21.7 Å². The lowest BCUT2D eigenvalue weighted by Gasteiger charge is -2.21. The van der Waals surface area contributed by atoms with Gasteiger partial charge in [-0.2, -0.15) is 0 Å². The van der Waals surface area contributed by atoms with Gasteiger partial charge in [0.1, 0.15) is 5.69 Å². The van der Waals surface area contributed by atoms with Gasteiger partial charge in [-0.05, 0) is 41.3 Å². The number of halogens is 1. The monoisotopic (exact) mass is 310 g/mol. The molecule has 0 atom stereocenters. The van der Waals surface area contributed by atoms with Gasteiger partial charge in [0.2, 0.25) is 0 Å². The summed E-state index contributed by atoms with van der Waals surface area (Å²) >= 11 is 3.45. The number of nitrogens with zero attached hydrogens (tertiary/aromatic N) is 2. The number of rotatable bonds is 6. The topological polar surface area (TPSA) is 25.2 Å². The van der Waals surface area contributed by atoms with Gasteiger partial charge in [0.05, 0.1) is 0 Å². The van der Waals surface area contributed by atoms with E-state index in [2.05, 4.69) is 29.4 Å². The number of aryl methyl sites for hydroxylation is 1. The van der Waals surface area contributed by atoms with Crippen molar-refractivity contribution in [3.63, 3.8) is 0 Å². The number of hydrogen-bond acceptors (Lipinski definition) is 1. The average molecular weight is 311 g/mol. The van der Waals surface area contributed by atoms with Crippen LogP contribution in [-0.2, 0) is 6.54 Å². The molecule has 1 aliphatic rings. The van der Waals surface area contributed by atoms with Gasteiger partial charge in [0.25, 0.3) is 5.91 Å². The minimum absolute atomic E-state index is 0.122. The van der Waals surface area contributed by atoms with Gasteiger partial charge in [-0.15, -0.1) is 6.58 Å². The second-order valence-corrected chi connectivity index (χ2v) is 5.63. The highest BCUT2D eigenvalue weighted by Gasteiger charge is 2.33. The molecule has 0 saturated heterocycles. The maximum absolute atomic E-state index is 12.6. The number of aromatic nitrogens is 1. The van der Waals surface area contributed by atoms with E-state index in [0.29, 0.717) is 12.6 Å². The molecule has 98 valence electrons. The average Bonchev–Trinajstić information content (AvgIpc) is 3.10. The molecule has 0 aromatic carbocycles. The molecule has 0 N–H and O–H groups in total. The van der Waals surface area contributed by atoms with Crippen molar-refractivity contribution in [1.82, 2.24) is 9.47 Å². The van der Waals surface area contributed by atoms with E-state index in [1.165, 1.54) is 0 Å². The normalized spacial score (nSPS) is 14.6. The molecule has 18 heavy (non-hydrogen) atoms. The Morgan fingerprint density at radius 1 is 1.67 bits per heavy atom. The summed E-state index contributed by atoms with van der Waals surface area (Å²) in [6, 6.07) is 2.33. The molecule has 0 radical (unpaired) electrons. The number of carbonyl (C=O) groups is 1. The van der Waals surface area contributed by atoms with Crippen LogP contribution in [0.4, 0.5) is 0 Å². The molecule has 1 amide bonds. The molecule has 0 unspecified atom stereocenters. The van der Waals surface area contributed by atoms with E-state index >= 15 is 0 Å². The molecule has 3 nitrogen and oxygen atoms in total. The highest BCUT2D eigenvalue weighted by molar-refractivity contribution is 9.10. The van der Waals surface area contributed by atoms with Gasteiger partial charge in [0, 0.05) is 29.8 Å². The van der Waals surface area contributed by atoms with Crippen LogP contribution in [0.1, 0.15) is 36.7 Å². The summed E-state index contributed by atoms with van der Waals surface area (Å²) in [7, 11) is 0. The summed E-state index contributed by atoms with van der Waals surface area (Å²) in [6.45, 7) is 7.37. The Hall–Kier alpha value is -1.03. The van der Waals surface area contributed by atoms with Crippen LogP contribution < -0.4 is 0 Å². The Morgan fingerprint density at radius 3 is 2.94 bits per heavy atom. The molecule has 4 heteroatoms. The van der Waals surface area contributed by atoms with Crippen LogP contribution in [0, 0.1) is 0 Å². The molecule has 0 bridgehead atoms. The van der Waals surface area contributed by atoms with Crippen LogP contribution in [0.15, 0.2) is 29.4 Å². The summed E-state index contributed by atoms with van der Waals surface area (Å²) in [5, 5.41) is 0. The molecular formula is C14H19BrN2O. The van der Waals surface area contributed by atoms with E-state index in [-0.39, 0.29) is 5.91 Å². The van der Waals surface area contributed by atoms with Crippen LogP contribution in [0.3, 0.4) is 0 Å². The van der Waals surface area contributed by atoms with Crippen LogP contribution in [-0.4, -0.2) is 28.0 Å². The summed E-state index contributed by atoms with van der Waals surface area (Å²) < 4.78 is 3.00. The predicted octanol–water partition coefficient (Wildman–Crippen LogP) is 3.45. The molecule has 1 fully saturated rings. The fourth-order valence-electron chi connectivity index (χ4n) is 2.15. The minimum atomic E-state index is 0.122. The first-order valence-corrected chi connectivity index (χ1v) is 7.24. The second-order valence-electron chi connectivity index (χ2n) is 4.71. The van der Waals surface area contributed by atoms with E-state index < -0.39 is 0 Å². The molecule has 1 saturated carbocycles. The van der Waals surface area contributed by atoms with Crippen molar-refractivity contribution in [1.29, 1.82) is 0 Å². The summed E-state index contributed by atoms with van der Waals surface area (Å²) in [6.07, 6.45) is 7.05. The Labute approximate surface area is 117 Å². The summed E-state index contributed by atoms with van der Waals surface area (Å²) in [4.78, 5) is 14.5. The molecule has 2 rings (SSSR count). The van der Waals surface area contributed by atoms with Crippen LogP contribution in [0.5, 0.6) is 0 Å². The lowest BCUT2D eigenvalue weighted by molar-refractivity contribution is 0.0751. The van der Waals surface area contributed by atoms with Gasteiger partial charge < -0.3 is 9.47 Å². The lowest BCUT2D eigenvalue weighted by Crippen LogP contribution is -2.34. The van der Waals surface area contributed by atoms with Crippen molar-refractivity contribution in [2.45, 2.75) is 38.8 Å². The lowest BCUT2D eigenvalue weighted by atomic mass is 10.3. The SMILES string of the molecule is C=CCN(C(=O)c1cc(Br)cn1CCC)C1CC1. The highest BCUT2D eigenvalue weighted by Crippen LogP contribution is 2.29. The summed E-state index contributed by atoms with van der Waals surface area (Å²) in [5.41, 5.74) is 0.775.